The van der Waals surface area contributed by atoms with E-state index in [4.69, 9.17) is 10.00 Å². The fourth-order valence-corrected chi connectivity index (χ4v) is 2.61. The number of benzene rings is 2. The Morgan fingerprint density at radius 2 is 1.76 bits per heavy atom. The lowest BCUT2D eigenvalue weighted by Gasteiger charge is -2.24. The van der Waals surface area contributed by atoms with E-state index in [0.717, 1.165) is 24.2 Å². The number of hydrogen-bond acceptors (Lipinski definition) is 4. The predicted molar refractivity (Wildman–Crippen MR) is 99.2 cm³/mol. The Hall–Kier alpha value is -2.35. The Morgan fingerprint density at radius 1 is 1.12 bits per heavy atom. The first-order chi connectivity index (χ1) is 12.0. The number of nitriles is 1. The van der Waals surface area contributed by atoms with Gasteiger partial charge in [-0.15, -0.1) is 0 Å². The lowest BCUT2D eigenvalue weighted by molar-refractivity contribution is 0.112. The Bertz CT molecular complexity index is 689. The molecule has 132 valence electrons. The highest BCUT2D eigenvalue weighted by Crippen LogP contribution is 2.18. The van der Waals surface area contributed by atoms with E-state index in [1.807, 2.05) is 55.5 Å². The molecule has 2 unspecified atom stereocenters. The number of hydrogen-bond donors (Lipinski definition) is 1. The average Bonchev–Trinajstić information content (AvgIpc) is 2.63. The van der Waals surface area contributed by atoms with Gasteiger partial charge in [0.15, 0.2) is 6.10 Å². The third-order valence-electron chi connectivity index (χ3n) is 4.16. The molecular formula is C21H26N2O2. The van der Waals surface area contributed by atoms with Crippen LogP contribution in [0.1, 0.15) is 36.6 Å². The monoisotopic (exact) mass is 338 g/mol. The van der Waals surface area contributed by atoms with Crippen LogP contribution in [0, 0.1) is 18.3 Å². The summed E-state index contributed by atoms with van der Waals surface area (Å²) in [5.41, 5.74) is 3.28. The van der Waals surface area contributed by atoms with Crippen LogP contribution in [0.2, 0.25) is 0 Å². The van der Waals surface area contributed by atoms with Crippen LogP contribution < -0.4 is 4.74 Å². The number of nitrogens with zero attached hydrogens (tertiary/aromatic N) is 2. The fourth-order valence-electron chi connectivity index (χ4n) is 2.61. The number of ether oxygens (including phenoxy) is 1. The zero-order valence-corrected chi connectivity index (χ0v) is 15.1. The molecule has 4 heteroatoms. The molecule has 0 spiro atoms. The maximum absolute atomic E-state index is 10.5. The van der Waals surface area contributed by atoms with Gasteiger partial charge in [0.25, 0.3) is 0 Å². The van der Waals surface area contributed by atoms with E-state index >= 15 is 0 Å². The number of aliphatic hydroxyl groups is 1. The van der Waals surface area contributed by atoms with Crippen molar-refractivity contribution in [3.05, 3.63) is 65.2 Å². The van der Waals surface area contributed by atoms with Gasteiger partial charge in [-0.3, -0.25) is 4.90 Å². The van der Waals surface area contributed by atoms with Crippen molar-refractivity contribution in [2.75, 3.05) is 13.1 Å². The summed E-state index contributed by atoms with van der Waals surface area (Å²) in [6.07, 6.45) is -0.956. The molecule has 2 aromatic carbocycles. The third kappa shape index (κ3) is 5.90. The van der Waals surface area contributed by atoms with Gasteiger partial charge in [0, 0.05) is 13.1 Å². The van der Waals surface area contributed by atoms with Gasteiger partial charge < -0.3 is 9.84 Å². The first-order valence-electron chi connectivity index (χ1n) is 8.64. The summed E-state index contributed by atoms with van der Waals surface area (Å²) in [6, 6.07) is 17.8. The molecule has 2 atom stereocenters. The van der Waals surface area contributed by atoms with Crippen LogP contribution in [0.5, 0.6) is 5.75 Å². The number of rotatable bonds is 8. The molecule has 0 radical (unpaired) electrons. The minimum absolute atomic E-state index is 0.456. The highest BCUT2D eigenvalue weighted by Gasteiger charge is 2.13. The fraction of sp³-hybridized carbons (Fsp3) is 0.381. The van der Waals surface area contributed by atoms with Crippen LogP contribution in [0.25, 0.3) is 0 Å². The van der Waals surface area contributed by atoms with Crippen molar-refractivity contribution in [2.24, 2.45) is 0 Å². The van der Waals surface area contributed by atoms with E-state index in [-0.39, 0.29) is 0 Å². The molecule has 0 bridgehead atoms. The van der Waals surface area contributed by atoms with Crippen LogP contribution in [0.15, 0.2) is 48.5 Å². The van der Waals surface area contributed by atoms with Gasteiger partial charge in [0.1, 0.15) is 11.8 Å². The van der Waals surface area contributed by atoms with E-state index in [1.54, 1.807) is 6.92 Å². The molecular weight excluding hydrogens is 312 g/mol. The smallest absolute Gasteiger partial charge is 0.181 e. The number of aryl methyl sites for hydroxylation is 1. The van der Waals surface area contributed by atoms with Gasteiger partial charge >= 0.3 is 0 Å². The zero-order valence-electron chi connectivity index (χ0n) is 15.1. The second-order valence-electron chi connectivity index (χ2n) is 6.29. The molecule has 2 rings (SSSR count). The predicted octanol–water partition coefficient (Wildman–Crippen LogP) is 3.84. The van der Waals surface area contributed by atoms with E-state index < -0.39 is 12.2 Å². The summed E-state index contributed by atoms with van der Waals surface area (Å²) >= 11 is 0. The minimum Gasteiger partial charge on any atom is -0.476 e. The standard InChI is InChI=1S/C21H26N2O2/c1-4-23(15-21(24)19-9-5-16(2)6-10-19)14-18-7-11-20(12-8-18)25-17(3)13-22/h5-12,17,21,24H,4,14-15H2,1-3H3. The van der Waals surface area contributed by atoms with E-state index in [9.17, 15) is 5.11 Å². The zero-order chi connectivity index (χ0) is 18.2. The molecule has 0 amide bonds. The largest absolute Gasteiger partial charge is 0.476 e. The Kier molecular flexibility index (Phi) is 7.00. The lowest BCUT2D eigenvalue weighted by Crippen LogP contribution is -2.28. The van der Waals surface area contributed by atoms with Crippen LogP contribution in [0.4, 0.5) is 0 Å². The molecule has 4 nitrogen and oxygen atoms in total. The lowest BCUT2D eigenvalue weighted by atomic mass is 10.1. The number of aliphatic hydroxyl groups excluding tert-OH is 1. The second-order valence-corrected chi connectivity index (χ2v) is 6.29. The van der Waals surface area contributed by atoms with Gasteiger partial charge in [-0.1, -0.05) is 48.9 Å². The summed E-state index contributed by atoms with van der Waals surface area (Å²) in [5, 5.41) is 19.3. The van der Waals surface area contributed by atoms with Crippen molar-refractivity contribution < 1.29 is 9.84 Å². The second kappa shape index (κ2) is 9.22. The quantitative estimate of drug-likeness (QED) is 0.794. The molecule has 0 aliphatic heterocycles. The van der Waals surface area contributed by atoms with Crippen molar-refractivity contribution in [3.63, 3.8) is 0 Å². The first kappa shape index (κ1) is 19.0. The topological polar surface area (TPSA) is 56.5 Å². The van der Waals surface area contributed by atoms with Gasteiger partial charge in [0.05, 0.1) is 6.10 Å². The molecule has 0 fully saturated rings. The maximum Gasteiger partial charge on any atom is 0.181 e. The Labute approximate surface area is 150 Å². The van der Waals surface area contributed by atoms with Gasteiger partial charge in [-0.25, -0.2) is 0 Å². The van der Waals surface area contributed by atoms with Gasteiger partial charge in [-0.05, 0) is 43.7 Å². The van der Waals surface area contributed by atoms with Crippen LogP contribution in [-0.4, -0.2) is 29.2 Å². The Balaban J connectivity index is 1.94. The first-order valence-corrected chi connectivity index (χ1v) is 8.64. The summed E-state index contributed by atoms with van der Waals surface area (Å²) < 4.78 is 5.47. The van der Waals surface area contributed by atoms with Crippen molar-refractivity contribution in [1.29, 1.82) is 5.26 Å². The SMILES string of the molecule is CCN(Cc1ccc(OC(C)C#N)cc1)CC(O)c1ccc(C)cc1. The summed E-state index contributed by atoms with van der Waals surface area (Å²) in [7, 11) is 0. The summed E-state index contributed by atoms with van der Waals surface area (Å²) in [4.78, 5) is 2.21. The van der Waals surface area contributed by atoms with Crippen molar-refractivity contribution in [3.8, 4) is 11.8 Å². The van der Waals surface area contributed by atoms with Crippen LogP contribution in [-0.2, 0) is 6.54 Å². The normalized spacial score (nSPS) is 13.3. The molecule has 0 saturated carbocycles. The number of likely N-dealkylation sites (N-methyl/N-ethyl adjacent to an activating group) is 1. The van der Waals surface area contributed by atoms with E-state index in [0.29, 0.717) is 12.3 Å². The van der Waals surface area contributed by atoms with Crippen molar-refractivity contribution in [1.82, 2.24) is 4.90 Å². The molecule has 1 N–H and O–H groups in total. The average molecular weight is 338 g/mol. The molecule has 0 aliphatic rings. The highest BCUT2D eigenvalue weighted by molar-refractivity contribution is 5.28. The van der Waals surface area contributed by atoms with Crippen LogP contribution >= 0.6 is 0 Å². The molecule has 0 aromatic heterocycles. The van der Waals surface area contributed by atoms with Gasteiger partial charge in [-0.2, -0.15) is 5.26 Å². The Morgan fingerprint density at radius 3 is 2.32 bits per heavy atom. The van der Waals surface area contributed by atoms with Crippen molar-refractivity contribution in [2.45, 2.75) is 39.5 Å². The summed E-state index contributed by atoms with van der Waals surface area (Å²) in [5.74, 6) is 0.695. The third-order valence-corrected chi connectivity index (χ3v) is 4.16. The van der Waals surface area contributed by atoms with Crippen molar-refractivity contribution >= 4 is 0 Å². The van der Waals surface area contributed by atoms with E-state index in [1.165, 1.54) is 5.56 Å². The van der Waals surface area contributed by atoms with Crippen LogP contribution in [0.3, 0.4) is 0 Å². The maximum atomic E-state index is 10.5. The minimum atomic E-state index is -0.500. The molecule has 0 aliphatic carbocycles. The van der Waals surface area contributed by atoms with Gasteiger partial charge in [0.2, 0.25) is 0 Å². The summed E-state index contributed by atoms with van der Waals surface area (Å²) in [6.45, 7) is 8.05. The molecule has 0 saturated heterocycles. The molecule has 25 heavy (non-hydrogen) atoms. The van der Waals surface area contributed by atoms with E-state index in [2.05, 4.69) is 17.9 Å². The molecule has 0 heterocycles. The molecule has 2 aromatic rings. The highest BCUT2D eigenvalue weighted by atomic mass is 16.5.